The van der Waals surface area contributed by atoms with E-state index < -0.39 is 0 Å². The van der Waals surface area contributed by atoms with Crippen molar-refractivity contribution in [2.45, 2.75) is 31.7 Å². The average Bonchev–Trinajstić information content (AvgIpc) is 2.47. The van der Waals surface area contributed by atoms with Gasteiger partial charge in [-0.15, -0.1) is 0 Å². The quantitative estimate of drug-likeness (QED) is 0.796. The topological polar surface area (TPSA) is 32.3 Å². The van der Waals surface area contributed by atoms with Gasteiger partial charge in [-0.05, 0) is 42.5 Å². The van der Waals surface area contributed by atoms with Gasteiger partial charge in [-0.3, -0.25) is 4.79 Å². The first-order valence-corrected chi connectivity index (χ1v) is 7.67. The molecule has 1 unspecified atom stereocenters. The summed E-state index contributed by atoms with van der Waals surface area (Å²) >= 11 is 6.09. The second kappa shape index (κ2) is 4.52. The third-order valence-corrected chi connectivity index (χ3v) is 4.92. The highest BCUT2D eigenvalue weighted by atomic mass is 35.5. The van der Waals surface area contributed by atoms with Crippen molar-refractivity contribution < 1.29 is 4.79 Å². The van der Waals surface area contributed by atoms with Gasteiger partial charge in [0.15, 0.2) is 0 Å². The van der Waals surface area contributed by atoms with Crippen molar-refractivity contribution in [1.82, 2.24) is 10.2 Å². The second-order valence-corrected chi connectivity index (χ2v) is 6.24. The van der Waals surface area contributed by atoms with Crippen molar-refractivity contribution in [3.63, 3.8) is 0 Å². The predicted octanol–water partition coefficient (Wildman–Crippen LogP) is 2.81. The van der Waals surface area contributed by atoms with Gasteiger partial charge in [0.2, 0.25) is 0 Å². The van der Waals surface area contributed by atoms with Crippen LogP contribution in [0.4, 0.5) is 0 Å². The van der Waals surface area contributed by atoms with Crippen molar-refractivity contribution in [3.8, 4) is 0 Å². The highest BCUT2D eigenvalue weighted by Crippen LogP contribution is 2.41. The zero-order valence-electron chi connectivity index (χ0n) is 11.3. The van der Waals surface area contributed by atoms with E-state index in [1.807, 2.05) is 6.07 Å². The van der Waals surface area contributed by atoms with Gasteiger partial charge in [0, 0.05) is 35.8 Å². The Hall–Kier alpha value is -1.48. The molecule has 0 bridgehead atoms. The lowest BCUT2D eigenvalue weighted by atomic mass is 9.84. The largest absolute Gasteiger partial charge is 0.388 e. The van der Waals surface area contributed by atoms with Crippen LogP contribution >= 0.6 is 11.6 Å². The minimum atomic E-state index is 0.188. The Morgan fingerprint density at radius 1 is 1.30 bits per heavy atom. The Labute approximate surface area is 123 Å². The molecule has 4 heteroatoms. The van der Waals surface area contributed by atoms with E-state index in [2.05, 4.69) is 22.3 Å². The van der Waals surface area contributed by atoms with Crippen LogP contribution in [0.5, 0.6) is 0 Å². The van der Waals surface area contributed by atoms with Crippen molar-refractivity contribution >= 4 is 17.5 Å². The molecule has 0 aromatic heterocycles. The highest BCUT2D eigenvalue weighted by molar-refractivity contribution is 6.30. The molecule has 1 atom stereocenters. The molecule has 1 amide bonds. The molecule has 0 saturated heterocycles. The van der Waals surface area contributed by atoms with Crippen LogP contribution in [0.1, 0.15) is 36.4 Å². The van der Waals surface area contributed by atoms with E-state index >= 15 is 0 Å². The molecule has 0 radical (unpaired) electrons. The van der Waals surface area contributed by atoms with Crippen molar-refractivity contribution in [3.05, 3.63) is 45.6 Å². The summed E-state index contributed by atoms with van der Waals surface area (Å²) in [4.78, 5) is 14.7. The van der Waals surface area contributed by atoms with Crippen molar-refractivity contribution in [2.24, 2.45) is 0 Å². The Bertz CT molecular complexity index is 623. The molecule has 104 valence electrons. The molecule has 0 saturated carbocycles. The van der Waals surface area contributed by atoms with Crippen LogP contribution in [-0.2, 0) is 11.2 Å². The molecule has 1 aromatic rings. The normalized spacial score (nSPS) is 24.8. The molecular formula is C16H17ClN2O. The van der Waals surface area contributed by atoms with Gasteiger partial charge in [0.1, 0.15) is 0 Å². The summed E-state index contributed by atoms with van der Waals surface area (Å²) in [6.45, 7) is 1.81. The smallest absolute Gasteiger partial charge is 0.252 e. The van der Waals surface area contributed by atoms with Crippen molar-refractivity contribution in [1.29, 1.82) is 0 Å². The maximum atomic E-state index is 12.7. The summed E-state index contributed by atoms with van der Waals surface area (Å²) < 4.78 is 0. The number of nitrogens with one attached hydrogen (secondary N) is 1. The predicted molar refractivity (Wildman–Crippen MR) is 78.5 cm³/mol. The minimum absolute atomic E-state index is 0.188. The Morgan fingerprint density at radius 3 is 3.10 bits per heavy atom. The van der Waals surface area contributed by atoms with Gasteiger partial charge in [0.05, 0.1) is 6.04 Å². The van der Waals surface area contributed by atoms with Gasteiger partial charge < -0.3 is 10.2 Å². The molecule has 1 N–H and O–H groups in total. The van der Waals surface area contributed by atoms with E-state index in [-0.39, 0.29) is 11.9 Å². The number of nitrogens with zero attached hydrogens (tertiary/aromatic N) is 1. The van der Waals surface area contributed by atoms with E-state index in [1.165, 1.54) is 16.8 Å². The number of hydrogen-bond donors (Lipinski definition) is 1. The Morgan fingerprint density at radius 2 is 2.20 bits per heavy atom. The first-order chi connectivity index (χ1) is 9.74. The number of hydrogen-bond acceptors (Lipinski definition) is 2. The molecule has 0 aliphatic carbocycles. The van der Waals surface area contributed by atoms with Gasteiger partial charge in [-0.25, -0.2) is 0 Å². The number of carbonyl (C=O) groups is 1. The lowest BCUT2D eigenvalue weighted by molar-refractivity contribution is -0.131. The molecule has 0 fully saturated rings. The molecule has 3 nitrogen and oxygen atoms in total. The fraction of sp³-hybridized carbons (Fsp3) is 0.438. The average molecular weight is 289 g/mol. The lowest BCUT2D eigenvalue weighted by Crippen LogP contribution is -2.46. The molecule has 0 spiro atoms. The summed E-state index contributed by atoms with van der Waals surface area (Å²) in [5, 5.41) is 4.22. The van der Waals surface area contributed by atoms with E-state index in [0.29, 0.717) is 0 Å². The Balaban J connectivity index is 1.77. The zero-order valence-corrected chi connectivity index (χ0v) is 12.0. The fourth-order valence-electron chi connectivity index (χ4n) is 3.70. The summed E-state index contributed by atoms with van der Waals surface area (Å²) in [5.74, 6) is 0.240. The standard InChI is InChI=1S/C16H17ClN2O/c17-11-3-4-12-10(8-11)5-7-19-15(12)9-14-13(16(19)20)2-1-6-18-14/h3-4,8,15,18H,1-2,5-7,9H2. The summed E-state index contributed by atoms with van der Waals surface area (Å²) in [5.41, 5.74) is 4.76. The van der Waals surface area contributed by atoms with E-state index in [1.54, 1.807) is 0 Å². The maximum absolute atomic E-state index is 12.7. The van der Waals surface area contributed by atoms with Crippen LogP contribution in [0.25, 0.3) is 0 Å². The van der Waals surface area contributed by atoms with Crippen LogP contribution in [0.2, 0.25) is 5.02 Å². The highest BCUT2D eigenvalue weighted by Gasteiger charge is 2.38. The third-order valence-electron chi connectivity index (χ3n) is 4.68. The van der Waals surface area contributed by atoms with Crippen LogP contribution in [0, 0.1) is 0 Å². The van der Waals surface area contributed by atoms with Crippen molar-refractivity contribution in [2.75, 3.05) is 13.1 Å². The molecule has 3 aliphatic rings. The summed E-state index contributed by atoms with van der Waals surface area (Å²) in [6.07, 6.45) is 3.83. The molecule has 1 aromatic carbocycles. The molecule has 3 heterocycles. The fourth-order valence-corrected chi connectivity index (χ4v) is 3.90. The number of fused-ring (bicyclic) bond motifs is 3. The second-order valence-electron chi connectivity index (χ2n) is 5.80. The summed E-state index contributed by atoms with van der Waals surface area (Å²) in [6, 6.07) is 6.27. The maximum Gasteiger partial charge on any atom is 0.252 e. The first-order valence-electron chi connectivity index (χ1n) is 7.29. The molecule has 3 aliphatic heterocycles. The lowest BCUT2D eigenvalue weighted by Gasteiger charge is -2.43. The van der Waals surface area contributed by atoms with E-state index in [0.717, 1.165) is 49.4 Å². The molecule has 4 rings (SSSR count). The van der Waals surface area contributed by atoms with Crippen LogP contribution in [0.15, 0.2) is 29.5 Å². The number of amides is 1. The van der Waals surface area contributed by atoms with E-state index in [9.17, 15) is 4.79 Å². The van der Waals surface area contributed by atoms with Crippen LogP contribution in [-0.4, -0.2) is 23.9 Å². The van der Waals surface area contributed by atoms with Gasteiger partial charge in [-0.2, -0.15) is 0 Å². The number of halogens is 1. The van der Waals surface area contributed by atoms with E-state index in [4.69, 9.17) is 11.6 Å². The van der Waals surface area contributed by atoms with Gasteiger partial charge >= 0.3 is 0 Å². The minimum Gasteiger partial charge on any atom is -0.388 e. The molecular weight excluding hydrogens is 272 g/mol. The van der Waals surface area contributed by atoms with Crippen LogP contribution < -0.4 is 5.32 Å². The molecule has 20 heavy (non-hydrogen) atoms. The summed E-state index contributed by atoms with van der Waals surface area (Å²) in [7, 11) is 0. The Kier molecular flexibility index (Phi) is 2.77. The number of benzene rings is 1. The number of rotatable bonds is 0. The van der Waals surface area contributed by atoms with Crippen LogP contribution in [0.3, 0.4) is 0 Å². The SMILES string of the molecule is O=C1C2=C(CC3c4ccc(Cl)cc4CCN13)NCCC2. The van der Waals surface area contributed by atoms with Gasteiger partial charge in [0.25, 0.3) is 5.91 Å². The number of carbonyl (C=O) groups excluding carboxylic acids is 1. The first kappa shape index (κ1) is 12.3. The van der Waals surface area contributed by atoms with Gasteiger partial charge in [-0.1, -0.05) is 17.7 Å². The third kappa shape index (κ3) is 1.76. The monoisotopic (exact) mass is 288 g/mol. The zero-order chi connectivity index (χ0) is 13.7.